The van der Waals surface area contributed by atoms with Gasteiger partial charge in [-0.05, 0) is 24.3 Å². The van der Waals surface area contributed by atoms with Crippen LogP contribution in [0.25, 0.3) is 0 Å². The zero-order valence-corrected chi connectivity index (χ0v) is 18.8. The highest BCUT2D eigenvalue weighted by Gasteiger charge is 2.34. The first-order chi connectivity index (χ1) is 16.5. The van der Waals surface area contributed by atoms with Gasteiger partial charge < -0.3 is 24.4 Å². The summed E-state index contributed by atoms with van der Waals surface area (Å²) in [6, 6.07) is 21.3. The van der Waals surface area contributed by atoms with Crippen molar-refractivity contribution in [1.82, 2.24) is 4.90 Å². The maximum Gasteiger partial charge on any atom is 0.318 e. The number of hydrogen-bond acceptors (Lipinski definition) is 6. The van der Waals surface area contributed by atoms with Crippen LogP contribution in [0.2, 0.25) is 0 Å². The van der Waals surface area contributed by atoms with Crippen LogP contribution in [-0.2, 0) is 19.1 Å². The number of nitrogens with one attached hydrogen (secondary N) is 1. The molecule has 0 fully saturated rings. The van der Waals surface area contributed by atoms with Gasteiger partial charge in [-0.15, -0.1) is 0 Å². The second kappa shape index (κ2) is 10.1. The van der Waals surface area contributed by atoms with Crippen LogP contribution in [0, 0.1) is 0 Å². The van der Waals surface area contributed by atoms with Gasteiger partial charge in [-0.3, -0.25) is 14.4 Å². The molecule has 8 heteroatoms. The monoisotopic (exact) mass is 460 g/mol. The molecule has 0 radical (unpaired) electrons. The van der Waals surface area contributed by atoms with Crippen molar-refractivity contribution in [3.8, 4) is 17.2 Å². The van der Waals surface area contributed by atoms with Crippen LogP contribution >= 0.6 is 0 Å². The van der Waals surface area contributed by atoms with E-state index in [4.69, 9.17) is 14.2 Å². The molecule has 34 heavy (non-hydrogen) atoms. The lowest BCUT2D eigenvalue weighted by Crippen LogP contribution is -2.38. The highest BCUT2D eigenvalue weighted by atomic mass is 16.5. The zero-order chi connectivity index (χ0) is 24.1. The fraction of sp³-hybridized carbons (Fsp3) is 0.192. The first kappa shape index (κ1) is 22.8. The molecule has 0 atom stereocenters. The van der Waals surface area contributed by atoms with Gasteiger partial charge in [0.15, 0.2) is 6.61 Å². The van der Waals surface area contributed by atoms with Crippen LogP contribution < -0.4 is 14.8 Å². The quantitative estimate of drug-likeness (QED) is 0.542. The molecular weight excluding hydrogens is 436 g/mol. The van der Waals surface area contributed by atoms with E-state index in [0.29, 0.717) is 34.1 Å². The predicted molar refractivity (Wildman–Crippen MR) is 125 cm³/mol. The number of carbonyl (C=O) groups excluding carboxylic acids is 3. The van der Waals surface area contributed by atoms with E-state index < -0.39 is 24.4 Å². The molecule has 1 aliphatic rings. The molecule has 0 saturated heterocycles. The van der Waals surface area contributed by atoms with Gasteiger partial charge in [0.1, 0.15) is 23.2 Å². The normalized spacial score (nSPS) is 11.9. The van der Waals surface area contributed by atoms with Crippen molar-refractivity contribution in [2.24, 2.45) is 0 Å². The Bertz CT molecular complexity index is 1180. The van der Waals surface area contributed by atoms with Crippen molar-refractivity contribution in [3.05, 3.63) is 83.9 Å². The van der Waals surface area contributed by atoms with Crippen molar-refractivity contribution in [3.63, 3.8) is 0 Å². The van der Waals surface area contributed by atoms with Gasteiger partial charge in [-0.1, -0.05) is 42.5 Å². The Labute approximate surface area is 197 Å². The third-order valence-electron chi connectivity index (χ3n) is 5.41. The smallest absolute Gasteiger partial charge is 0.318 e. The summed E-state index contributed by atoms with van der Waals surface area (Å²) in [7, 11) is 3.01. The average molecular weight is 460 g/mol. The second-order valence-corrected chi connectivity index (χ2v) is 7.75. The van der Waals surface area contributed by atoms with Crippen LogP contribution in [0.15, 0.2) is 72.8 Å². The van der Waals surface area contributed by atoms with Gasteiger partial charge in [0, 0.05) is 29.9 Å². The molecule has 0 unspecified atom stereocenters. The molecule has 3 aromatic rings. The number of hydrogen-bond donors (Lipinski definition) is 1. The van der Waals surface area contributed by atoms with Gasteiger partial charge in [0.25, 0.3) is 5.91 Å². The number of likely N-dealkylation sites (N-methyl/N-ethyl adjacent to an activating group) is 1. The van der Waals surface area contributed by atoms with Crippen LogP contribution in [0.4, 0.5) is 5.69 Å². The highest BCUT2D eigenvalue weighted by Crippen LogP contribution is 2.44. The Balaban J connectivity index is 1.37. The number of amides is 2. The van der Waals surface area contributed by atoms with Crippen LogP contribution in [0.1, 0.15) is 17.0 Å². The third-order valence-corrected chi connectivity index (χ3v) is 5.41. The number of anilines is 1. The van der Waals surface area contributed by atoms with Crippen LogP contribution in [-0.4, -0.2) is 50.0 Å². The molecule has 174 valence electrons. The maximum absolute atomic E-state index is 13.0. The molecule has 1 aliphatic heterocycles. The standard InChI is InChI=1S/C26H24N2O6/c1-28(15-23(29)27-17-8-7-9-18(14-17)32-2)24(30)16-33-26(31)25-19-10-3-5-12-21(19)34-22-13-6-4-11-20(22)25/h3-14,25H,15-16H2,1-2H3,(H,27,29). The lowest BCUT2D eigenvalue weighted by atomic mass is 9.88. The van der Waals surface area contributed by atoms with Gasteiger partial charge in [0.2, 0.25) is 5.91 Å². The summed E-state index contributed by atoms with van der Waals surface area (Å²) in [5.74, 6) is -0.418. The summed E-state index contributed by atoms with van der Waals surface area (Å²) in [6.45, 7) is -0.681. The summed E-state index contributed by atoms with van der Waals surface area (Å²) in [6.07, 6.45) is 0. The van der Waals surface area contributed by atoms with E-state index in [-0.39, 0.29) is 12.5 Å². The maximum atomic E-state index is 13.0. The SMILES string of the molecule is COc1cccc(NC(=O)CN(C)C(=O)COC(=O)C2c3ccccc3Oc3ccccc32)c1. The number of nitrogens with zero attached hydrogens (tertiary/aromatic N) is 1. The topological polar surface area (TPSA) is 94.2 Å². The lowest BCUT2D eigenvalue weighted by molar-refractivity contribution is -0.152. The molecule has 0 spiro atoms. The summed E-state index contributed by atoms with van der Waals surface area (Å²) in [4.78, 5) is 39.1. The molecule has 1 heterocycles. The van der Waals surface area contributed by atoms with Crippen molar-refractivity contribution < 1.29 is 28.6 Å². The number of methoxy groups -OCH3 is 1. The fourth-order valence-electron chi connectivity index (χ4n) is 3.70. The van der Waals surface area contributed by atoms with E-state index in [0.717, 1.165) is 0 Å². The van der Waals surface area contributed by atoms with E-state index in [9.17, 15) is 14.4 Å². The number of carbonyl (C=O) groups is 3. The zero-order valence-electron chi connectivity index (χ0n) is 18.8. The number of ether oxygens (including phenoxy) is 3. The van der Waals surface area contributed by atoms with E-state index in [1.807, 2.05) is 24.3 Å². The molecule has 0 bridgehead atoms. The van der Waals surface area contributed by atoms with E-state index >= 15 is 0 Å². The summed E-state index contributed by atoms with van der Waals surface area (Å²) >= 11 is 0. The molecule has 3 aromatic carbocycles. The number of fused-ring (bicyclic) bond motifs is 2. The Hall–Kier alpha value is -4.33. The van der Waals surface area contributed by atoms with Crippen molar-refractivity contribution >= 4 is 23.5 Å². The third kappa shape index (κ3) is 5.01. The Kier molecular flexibility index (Phi) is 6.77. The number of para-hydroxylation sites is 2. The van der Waals surface area contributed by atoms with Crippen molar-refractivity contribution in [2.75, 3.05) is 32.6 Å². The molecule has 2 amide bonds. The first-order valence-corrected chi connectivity index (χ1v) is 10.7. The molecule has 4 rings (SSSR count). The summed E-state index contributed by atoms with van der Waals surface area (Å²) in [5.41, 5.74) is 1.89. The summed E-state index contributed by atoms with van der Waals surface area (Å²) in [5, 5.41) is 2.71. The van der Waals surface area contributed by atoms with Gasteiger partial charge in [-0.25, -0.2) is 0 Å². The second-order valence-electron chi connectivity index (χ2n) is 7.75. The number of rotatable bonds is 7. The molecule has 0 saturated carbocycles. The van der Waals surface area contributed by atoms with Crippen molar-refractivity contribution in [1.29, 1.82) is 0 Å². The van der Waals surface area contributed by atoms with Crippen LogP contribution in [0.3, 0.4) is 0 Å². The Morgan fingerprint density at radius 3 is 2.24 bits per heavy atom. The number of benzene rings is 3. The number of esters is 1. The fourth-order valence-corrected chi connectivity index (χ4v) is 3.70. The van der Waals surface area contributed by atoms with Gasteiger partial charge in [0.05, 0.1) is 13.7 Å². The molecule has 8 nitrogen and oxygen atoms in total. The Morgan fingerprint density at radius 1 is 0.941 bits per heavy atom. The molecule has 0 aliphatic carbocycles. The largest absolute Gasteiger partial charge is 0.497 e. The van der Waals surface area contributed by atoms with E-state index in [2.05, 4.69) is 5.32 Å². The predicted octanol–water partition coefficient (Wildman–Crippen LogP) is 3.57. The minimum absolute atomic E-state index is 0.198. The first-order valence-electron chi connectivity index (χ1n) is 10.7. The van der Waals surface area contributed by atoms with Gasteiger partial charge >= 0.3 is 5.97 Å². The van der Waals surface area contributed by atoms with Gasteiger partial charge in [-0.2, -0.15) is 0 Å². The van der Waals surface area contributed by atoms with E-state index in [1.165, 1.54) is 19.1 Å². The average Bonchev–Trinajstić information content (AvgIpc) is 2.85. The molecule has 0 aromatic heterocycles. The molecule has 1 N–H and O–H groups in total. The highest BCUT2D eigenvalue weighted by molar-refractivity contribution is 5.95. The Morgan fingerprint density at radius 2 is 1.59 bits per heavy atom. The van der Waals surface area contributed by atoms with Crippen molar-refractivity contribution in [2.45, 2.75) is 5.92 Å². The van der Waals surface area contributed by atoms with Crippen LogP contribution in [0.5, 0.6) is 17.2 Å². The van der Waals surface area contributed by atoms with E-state index in [1.54, 1.807) is 48.5 Å². The minimum atomic E-state index is -0.712. The molecular formula is C26H24N2O6. The lowest BCUT2D eigenvalue weighted by Gasteiger charge is -2.27. The summed E-state index contributed by atoms with van der Waals surface area (Å²) < 4.78 is 16.4. The minimum Gasteiger partial charge on any atom is -0.497 e.